The number of hydrogen-bond donors (Lipinski definition) is 2. The first-order valence-corrected chi connectivity index (χ1v) is 10.1. The molecule has 0 heterocycles. The van der Waals surface area contributed by atoms with Crippen LogP contribution in [0.3, 0.4) is 0 Å². The van der Waals surface area contributed by atoms with Gasteiger partial charge in [0.2, 0.25) is 5.91 Å². The predicted octanol–water partition coefficient (Wildman–Crippen LogP) is 5.16. The van der Waals surface area contributed by atoms with E-state index in [4.69, 9.17) is 0 Å². The molecule has 0 unspecified atom stereocenters. The van der Waals surface area contributed by atoms with Crippen molar-refractivity contribution in [2.75, 3.05) is 5.32 Å². The number of carbonyl (C=O) groups excluding carboxylic acids is 2. The maximum absolute atomic E-state index is 12.6. The standard InChI is InChI=1S/C22H23BrN2O2/c23-17-8-6-7-16(15-17)13-14-21(26)25-20-12-5-4-11-19(20)22(27)24-18-9-2-1-3-10-18/h4-8,11-15,18H,1-3,9-10H2,(H,24,27)(H,25,26)/b14-13+. The van der Waals surface area contributed by atoms with Crippen molar-refractivity contribution in [1.29, 1.82) is 0 Å². The average Bonchev–Trinajstić information content (AvgIpc) is 2.68. The number of hydrogen-bond acceptors (Lipinski definition) is 2. The predicted molar refractivity (Wildman–Crippen MR) is 113 cm³/mol. The lowest BCUT2D eigenvalue weighted by molar-refractivity contribution is -0.111. The van der Waals surface area contributed by atoms with Crippen molar-refractivity contribution >= 4 is 39.5 Å². The van der Waals surface area contributed by atoms with Gasteiger partial charge in [0.25, 0.3) is 5.91 Å². The zero-order valence-electron chi connectivity index (χ0n) is 15.1. The van der Waals surface area contributed by atoms with Crippen LogP contribution in [0.4, 0.5) is 5.69 Å². The van der Waals surface area contributed by atoms with E-state index in [1.807, 2.05) is 36.4 Å². The van der Waals surface area contributed by atoms with E-state index in [9.17, 15) is 9.59 Å². The molecular formula is C22H23BrN2O2. The highest BCUT2D eigenvalue weighted by Crippen LogP contribution is 2.20. The molecule has 2 aromatic carbocycles. The number of para-hydroxylation sites is 1. The smallest absolute Gasteiger partial charge is 0.253 e. The second-order valence-corrected chi connectivity index (χ2v) is 7.65. The molecule has 5 heteroatoms. The van der Waals surface area contributed by atoms with Crippen LogP contribution in [0.1, 0.15) is 48.0 Å². The molecule has 0 radical (unpaired) electrons. The molecule has 4 nitrogen and oxygen atoms in total. The fourth-order valence-corrected chi connectivity index (χ4v) is 3.67. The molecule has 1 aliphatic carbocycles. The Balaban J connectivity index is 1.66. The van der Waals surface area contributed by atoms with Crippen molar-refractivity contribution in [2.24, 2.45) is 0 Å². The molecule has 0 bridgehead atoms. The fourth-order valence-electron chi connectivity index (χ4n) is 3.26. The number of rotatable bonds is 5. The van der Waals surface area contributed by atoms with Crippen LogP contribution in [-0.2, 0) is 4.79 Å². The summed E-state index contributed by atoms with van der Waals surface area (Å²) in [4.78, 5) is 24.9. The first-order chi connectivity index (χ1) is 13.1. The SMILES string of the molecule is O=C(/C=C/c1cccc(Br)c1)Nc1ccccc1C(=O)NC1CCCCC1. The molecule has 3 rings (SSSR count). The van der Waals surface area contributed by atoms with Gasteiger partial charge >= 0.3 is 0 Å². The van der Waals surface area contributed by atoms with Crippen LogP contribution in [0.15, 0.2) is 59.1 Å². The Morgan fingerprint density at radius 1 is 1.00 bits per heavy atom. The van der Waals surface area contributed by atoms with Gasteiger partial charge in [0, 0.05) is 16.6 Å². The largest absolute Gasteiger partial charge is 0.349 e. The summed E-state index contributed by atoms with van der Waals surface area (Å²) in [5, 5.41) is 5.91. The quantitative estimate of drug-likeness (QED) is 0.648. The molecule has 1 saturated carbocycles. The van der Waals surface area contributed by atoms with Crippen LogP contribution < -0.4 is 10.6 Å². The minimum atomic E-state index is -0.270. The lowest BCUT2D eigenvalue weighted by atomic mass is 9.95. The van der Waals surface area contributed by atoms with Crippen molar-refractivity contribution in [2.45, 2.75) is 38.1 Å². The summed E-state index contributed by atoms with van der Waals surface area (Å²) < 4.78 is 0.954. The molecule has 27 heavy (non-hydrogen) atoms. The Kier molecular flexibility index (Phi) is 6.82. The first kappa shape index (κ1) is 19.4. The van der Waals surface area contributed by atoms with Crippen LogP contribution in [0.2, 0.25) is 0 Å². The molecule has 0 atom stereocenters. The Bertz CT molecular complexity index is 842. The summed E-state index contributed by atoms with van der Waals surface area (Å²) in [6.07, 6.45) is 8.81. The van der Waals surface area contributed by atoms with Gasteiger partial charge in [0.05, 0.1) is 11.3 Å². The molecule has 0 saturated heterocycles. The number of benzene rings is 2. The molecule has 1 fully saturated rings. The highest BCUT2D eigenvalue weighted by atomic mass is 79.9. The van der Waals surface area contributed by atoms with Gasteiger partial charge < -0.3 is 10.6 Å². The Labute approximate surface area is 168 Å². The van der Waals surface area contributed by atoms with Gasteiger partial charge in [-0.2, -0.15) is 0 Å². The van der Waals surface area contributed by atoms with E-state index in [0.717, 1.165) is 35.7 Å². The maximum atomic E-state index is 12.6. The minimum absolute atomic E-state index is 0.131. The van der Waals surface area contributed by atoms with Gasteiger partial charge in [-0.15, -0.1) is 0 Å². The number of carbonyl (C=O) groups is 2. The summed E-state index contributed by atoms with van der Waals surface area (Å²) in [6.45, 7) is 0. The third-order valence-electron chi connectivity index (χ3n) is 4.65. The lowest BCUT2D eigenvalue weighted by Gasteiger charge is -2.23. The van der Waals surface area contributed by atoms with Crippen LogP contribution in [0.5, 0.6) is 0 Å². The van der Waals surface area contributed by atoms with Crippen LogP contribution in [0.25, 0.3) is 6.08 Å². The van der Waals surface area contributed by atoms with E-state index in [0.29, 0.717) is 11.3 Å². The van der Waals surface area contributed by atoms with Gasteiger partial charge in [-0.1, -0.05) is 59.5 Å². The molecule has 0 aromatic heterocycles. The highest BCUT2D eigenvalue weighted by molar-refractivity contribution is 9.10. The van der Waals surface area contributed by atoms with Gasteiger partial charge in [0.15, 0.2) is 0 Å². The van der Waals surface area contributed by atoms with Crippen molar-refractivity contribution in [3.8, 4) is 0 Å². The third kappa shape index (κ3) is 5.79. The van der Waals surface area contributed by atoms with Gasteiger partial charge in [-0.25, -0.2) is 0 Å². The molecule has 2 amide bonds. The van der Waals surface area contributed by atoms with Crippen LogP contribution in [0, 0.1) is 0 Å². The number of nitrogens with one attached hydrogen (secondary N) is 2. The molecule has 1 aliphatic rings. The monoisotopic (exact) mass is 426 g/mol. The van der Waals surface area contributed by atoms with E-state index in [1.54, 1.807) is 18.2 Å². The van der Waals surface area contributed by atoms with Crippen molar-refractivity contribution in [3.05, 3.63) is 70.2 Å². The summed E-state index contributed by atoms with van der Waals surface area (Å²) in [6, 6.07) is 15.0. The van der Waals surface area contributed by atoms with Gasteiger partial charge in [-0.3, -0.25) is 9.59 Å². The number of halogens is 1. The van der Waals surface area contributed by atoms with Crippen molar-refractivity contribution in [1.82, 2.24) is 5.32 Å². The summed E-state index contributed by atoms with van der Waals surface area (Å²) in [5.74, 6) is -0.401. The Morgan fingerprint density at radius 3 is 2.56 bits per heavy atom. The second-order valence-electron chi connectivity index (χ2n) is 6.73. The number of anilines is 1. The highest BCUT2D eigenvalue weighted by Gasteiger charge is 2.18. The van der Waals surface area contributed by atoms with Gasteiger partial charge in [-0.05, 0) is 48.7 Å². The fraction of sp³-hybridized carbons (Fsp3) is 0.273. The van der Waals surface area contributed by atoms with Gasteiger partial charge in [0.1, 0.15) is 0 Å². The Morgan fingerprint density at radius 2 is 1.78 bits per heavy atom. The summed E-state index contributed by atoms with van der Waals surface area (Å²) in [5.41, 5.74) is 1.94. The second kappa shape index (κ2) is 9.51. The summed E-state index contributed by atoms with van der Waals surface area (Å²) in [7, 11) is 0. The normalized spacial score (nSPS) is 14.9. The molecule has 2 N–H and O–H groups in total. The first-order valence-electron chi connectivity index (χ1n) is 9.26. The zero-order valence-corrected chi connectivity index (χ0v) is 16.7. The maximum Gasteiger partial charge on any atom is 0.253 e. The molecular weight excluding hydrogens is 404 g/mol. The van der Waals surface area contributed by atoms with Crippen molar-refractivity contribution < 1.29 is 9.59 Å². The Hall–Kier alpha value is -2.40. The van der Waals surface area contributed by atoms with E-state index in [2.05, 4.69) is 26.6 Å². The van der Waals surface area contributed by atoms with Crippen LogP contribution in [-0.4, -0.2) is 17.9 Å². The minimum Gasteiger partial charge on any atom is -0.349 e. The molecule has 2 aromatic rings. The van der Waals surface area contributed by atoms with Crippen molar-refractivity contribution in [3.63, 3.8) is 0 Å². The van der Waals surface area contributed by atoms with Crippen LogP contribution >= 0.6 is 15.9 Å². The van der Waals surface area contributed by atoms with E-state index < -0.39 is 0 Å². The molecule has 140 valence electrons. The summed E-state index contributed by atoms with van der Waals surface area (Å²) >= 11 is 3.41. The zero-order chi connectivity index (χ0) is 19.1. The number of amides is 2. The van der Waals surface area contributed by atoms with E-state index in [1.165, 1.54) is 12.5 Å². The molecule has 0 spiro atoms. The topological polar surface area (TPSA) is 58.2 Å². The lowest BCUT2D eigenvalue weighted by Crippen LogP contribution is -2.36. The van der Waals surface area contributed by atoms with E-state index >= 15 is 0 Å². The molecule has 0 aliphatic heterocycles. The third-order valence-corrected chi connectivity index (χ3v) is 5.14. The van der Waals surface area contributed by atoms with E-state index in [-0.39, 0.29) is 17.9 Å². The average molecular weight is 427 g/mol.